The Labute approximate surface area is 113 Å². The van der Waals surface area contributed by atoms with Gasteiger partial charge in [-0.15, -0.1) is 0 Å². The molecule has 5 heteroatoms. The van der Waals surface area contributed by atoms with E-state index in [1.807, 2.05) is 4.90 Å². The van der Waals surface area contributed by atoms with E-state index in [-0.39, 0.29) is 12.1 Å². The molecule has 2 atom stereocenters. The molecule has 1 heterocycles. The van der Waals surface area contributed by atoms with Gasteiger partial charge >= 0.3 is 12.0 Å². The van der Waals surface area contributed by atoms with Gasteiger partial charge in [0.15, 0.2) is 0 Å². The van der Waals surface area contributed by atoms with Crippen LogP contribution in [-0.4, -0.2) is 41.1 Å². The predicted molar refractivity (Wildman–Crippen MR) is 71.9 cm³/mol. The number of amides is 2. The van der Waals surface area contributed by atoms with Crippen LogP contribution in [0.15, 0.2) is 12.2 Å². The molecule has 0 spiro atoms. The van der Waals surface area contributed by atoms with Crippen molar-refractivity contribution in [2.75, 3.05) is 13.1 Å². The largest absolute Gasteiger partial charge is 0.481 e. The summed E-state index contributed by atoms with van der Waals surface area (Å²) in [6.07, 6.45) is 9.69. The number of hydrogen-bond donors (Lipinski definition) is 2. The van der Waals surface area contributed by atoms with Crippen LogP contribution in [0.2, 0.25) is 0 Å². The topological polar surface area (TPSA) is 69.6 Å². The van der Waals surface area contributed by atoms with Gasteiger partial charge in [-0.05, 0) is 19.3 Å². The van der Waals surface area contributed by atoms with Crippen LogP contribution >= 0.6 is 0 Å². The van der Waals surface area contributed by atoms with Gasteiger partial charge in [-0.2, -0.15) is 0 Å². The van der Waals surface area contributed by atoms with E-state index in [9.17, 15) is 9.59 Å². The van der Waals surface area contributed by atoms with Gasteiger partial charge in [0.1, 0.15) is 0 Å². The normalized spacial score (nSPS) is 27.7. The zero-order valence-corrected chi connectivity index (χ0v) is 11.2. The van der Waals surface area contributed by atoms with Crippen molar-refractivity contribution in [1.29, 1.82) is 0 Å². The SMILES string of the molecule is O=C(O)C1C=CC(NC(=O)N2CCCCCCC2)C1. The van der Waals surface area contributed by atoms with Crippen molar-refractivity contribution in [1.82, 2.24) is 10.2 Å². The van der Waals surface area contributed by atoms with Crippen LogP contribution in [0.4, 0.5) is 4.79 Å². The van der Waals surface area contributed by atoms with Gasteiger partial charge in [0, 0.05) is 13.1 Å². The number of rotatable bonds is 2. The minimum atomic E-state index is -0.820. The predicted octanol–water partition coefficient (Wildman–Crippen LogP) is 1.99. The van der Waals surface area contributed by atoms with Crippen LogP contribution in [0.25, 0.3) is 0 Å². The molecule has 0 aromatic carbocycles. The molecule has 0 aromatic heterocycles. The molecule has 5 nitrogen and oxygen atoms in total. The van der Waals surface area contributed by atoms with E-state index in [4.69, 9.17) is 5.11 Å². The second-order valence-electron chi connectivity index (χ2n) is 5.38. The summed E-state index contributed by atoms with van der Waals surface area (Å²) >= 11 is 0. The fraction of sp³-hybridized carbons (Fsp3) is 0.714. The second kappa shape index (κ2) is 6.59. The van der Waals surface area contributed by atoms with E-state index in [0.29, 0.717) is 6.42 Å². The maximum atomic E-state index is 12.1. The minimum absolute atomic E-state index is 0.0532. The number of carboxylic acids is 1. The van der Waals surface area contributed by atoms with E-state index in [0.717, 1.165) is 25.9 Å². The molecule has 2 N–H and O–H groups in total. The van der Waals surface area contributed by atoms with E-state index in [1.54, 1.807) is 12.2 Å². The first-order chi connectivity index (χ1) is 9.16. The van der Waals surface area contributed by atoms with Gasteiger partial charge in [0.05, 0.1) is 12.0 Å². The number of nitrogens with one attached hydrogen (secondary N) is 1. The molecular weight excluding hydrogens is 244 g/mol. The standard InChI is InChI=1S/C14H22N2O3/c17-13(18)11-6-7-12(10-11)15-14(19)16-8-4-2-1-3-5-9-16/h6-7,11-12H,1-5,8-10H2,(H,15,19)(H,17,18). The third-order valence-electron chi connectivity index (χ3n) is 3.85. The van der Waals surface area contributed by atoms with Crippen molar-refractivity contribution >= 4 is 12.0 Å². The van der Waals surface area contributed by atoms with Gasteiger partial charge in [0.25, 0.3) is 0 Å². The van der Waals surface area contributed by atoms with Gasteiger partial charge in [-0.3, -0.25) is 4.79 Å². The summed E-state index contributed by atoms with van der Waals surface area (Å²) < 4.78 is 0. The van der Waals surface area contributed by atoms with E-state index < -0.39 is 11.9 Å². The number of carbonyl (C=O) groups is 2. The first-order valence-electron chi connectivity index (χ1n) is 7.13. The minimum Gasteiger partial charge on any atom is -0.481 e. The third-order valence-corrected chi connectivity index (χ3v) is 3.85. The summed E-state index contributed by atoms with van der Waals surface area (Å²) in [5.41, 5.74) is 0. The Bertz CT molecular complexity index is 360. The van der Waals surface area contributed by atoms with Crippen LogP contribution in [0.3, 0.4) is 0 Å². The monoisotopic (exact) mass is 266 g/mol. The average Bonchev–Trinajstić information content (AvgIpc) is 2.76. The second-order valence-corrected chi connectivity index (χ2v) is 5.38. The highest BCUT2D eigenvalue weighted by Crippen LogP contribution is 2.18. The number of urea groups is 1. The van der Waals surface area contributed by atoms with Crippen molar-refractivity contribution in [3.63, 3.8) is 0 Å². The molecule has 0 aromatic rings. The number of carboxylic acid groups (broad SMARTS) is 1. The van der Waals surface area contributed by atoms with E-state index in [1.165, 1.54) is 19.3 Å². The Balaban J connectivity index is 1.80. The Morgan fingerprint density at radius 3 is 2.26 bits per heavy atom. The number of carbonyl (C=O) groups excluding carboxylic acids is 1. The summed E-state index contributed by atoms with van der Waals surface area (Å²) in [7, 11) is 0. The van der Waals surface area contributed by atoms with Crippen LogP contribution in [0.5, 0.6) is 0 Å². The molecule has 2 aliphatic rings. The van der Waals surface area contributed by atoms with E-state index in [2.05, 4.69) is 5.32 Å². The highest BCUT2D eigenvalue weighted by atomic mass is 16.4. The van der Waals surface area contributed by atoms with Crippen molar-refractivity contribution in [3.8, 4) is 0 Å². The molecular formula is C14H22N2O3. The summed E-state index contributed by atoms with van der Waals surface area (Å²) in [6.45, 7) is 1.62. The van der Waals surface area contributed by atoms with Crippen molar-refractivity contribution in [2.24, 2.45) is 5.92 Å². The smallest absolute Gasteiger partial charge is 0.317 e. The van der Waals surface area contributed by atoms with Crippen LogP contribution < -0.4 is 5.32 Å². The molecule has 2 amide bonds. The van der Waals surface area contributed by atoms with E-state index >= 15 is 0 Å². The molecule has 2 rings (SSSR count). The molecule has 2 unspecified atom stereocenters. The van der Waals surface area contributed by atoms with Gasteiger partial charge < -0.3 is 15.3 Å². The first-order valence-corrected chi connectivity index (χ1v) is 7.13. The fourth-order valence-corrected chi connectivity index (χ4v) is 2.69. The Morgan fingerprint density at radius 2 is 1.68 bits per heavy atom. The van der Waals surface area contributed by atoms with Crippen molar-refractivity contribution in [3.05, 3.63) is 12.2 Å². The summed E-state index contributed by atoms with van der Waals surface area (Å²) in [4.78, 5) is 24.8. The number of aliphatic carboxylic acids is 1. The highest BCUT2D eigenvalue weighted by Gasteiger charge is 2.26. The van der Waals surface area contributed by atoms with Gasteiger partial charge in [-0.1, -0.05) is 31.4 Å². The number of likely N-dealkylation sites (tertiary alicyclic amines) is 1. The quantitative estimate of drug-likeness (QED) is 0.751. The highest BCUT2D eigenvalue weighted by molar-refractivity contribution is 5.76. The molecule has 106 valence electrons. The Morgan fingerprint density at radius 1 is 1.05 bits per heavy atom. The molecule has 0 saturated carbocycles. The zero-order valence-electron chi connectivity index (χ0n) is 11.2. The van der Waals surface area contributed by atoms with Gasteiger partial charge in [-0.25, -0.2) is 4.79 Å². The van der Waals surface area contributed by atoms with Crippen LogP contribution in [0.1, 0.15) is 38.5 Å². The zero-order chi connectivity index (χ0) is 13.7. The lowest BCUT2D eigenvalue weighted by molar-refractivity contribution is -0.140. The first kappa shape index (κ1) is 13.9. The van der Waals surface area contributed by atoms with Gasteiger partial charge in [0.2, 0.25) is 0 Å². The molecule has 1 aliphatic heterocycles. The molecule has 1 fully saturated rings. The molecule has 0 bridgehead atoms. The van der Waals surface area contributed by atoms with Crippen LogP contribution in [0, 0.1) is 5.92 Å². The summed E-state index contributed by atoms with van der Waals surface area (Å²) in [5.74, 6) is -1.28. The molecule has 1 saturated heterocycles. The molecule has 1 aliphatic carbocycles. The lowest BCUT2D eigenvalue weighted by Gasteiger charge is -2.26. The lowest BCUT2D eigenvalue weighted by atomic mass is 10.1. The van der Waals surface area contributed by atoms with Crippen LogP contribution in [-0.2, 0) is 4.79 Å². The Kier molecular flexibility index (Phi) is 4.82. The molecule has 19 heavy (non-hydrogen) atoms. The number of hydrogen-bond acceptors (Lipinski definition) is 2. The lowest BCUT2D eigenvalue weighted by Crippen LogP contribution is -2.45. The van der Waals surface area contributed by atoms with Crippen molar-refractivity contribution in [2.45, 2.75) is 44.6 Å². The fourth-order valence-electron chi connectivity index (χ4n) is 2.69. The average molecular weight is 266 g/mol. The maximum Gasteiger partial charge on any atom is 0.317 e. The summed E-state index contributed by atoms with van der Waals surface area (Å²) in [5, 5.41) is 11.8. The summed E-state index contributed by atoms with van der Waals surface area (Å²) in [6, 6.07) is -0.193. The Hall–Kier alpha value is -1.52. The van der Waals surface area contributed by atoms with Crippen molar-refractivity contribution < 1.29 is 14.7 Å². The maximum absolute atomic E-state index is 12.1. The third kappa shape index (κ3) is 3.98. The number of nitrogens with zero attached hydrogens (tertiary/aromatic N) is 1. The molecule has 0 radical (unpaired) electrons.